The molecular formula is C13H18N4S2. The number of nitrogens with one attached hydrogen (secondary N) is 1. The van der Waals surface area contributed by atoms with Gasteiger partial charge in [-0.2, -0.15) is 0 Å². The molecule has 0 saturated heterocycles. The van der Waals surface area contributed by atoms with Crippen molar-refractivity contribution >= 4 is 28.2 Å². The molecular weight excluding hydrogens is 276 g/mol. The van der Waals surface area contributed by atoms with Crippen LogP contribution in [0.3, 0.4) is 0 Å². The predicted octanol–water partition coefficient (Wildman–Crippen LogP) is 3.66. The van der Waals surface area contributed by atoms with E-state index in [0.29, 0.717) is 0 Å². The van der Waals surface area contributed by atoms with Crippen molar-refractivity contribution in [3.63, 3.8) is 0 Å². The van der Waals surface area contributed by atoms with Gasteiger partial charge in [0.25, 0.3) is 0 Å². The van der Waals surface area contributed by atoms with Crippen LogP contribution in [0.15, 0.2) is 17.4 Å². The molecule has 102 valence electrons. The zero-order valence-corrected chi connectivity index (χ0v) is 13.1. The van der Waals surface area contributed by atoms with E-state index in [1.807, 2.05) is 26.1 Å². The summed E-state index contributed by atoms with van der Waals surface area (Å²) in [5.41, 5.74) is 2.04. The quantitative estimate of drug-likeness (QED) is 0.651. The molecule has 1 N–H and O–H groups in total. The highest BCUT2D eigenvalue weighted by Crippen LogP contribution is 2.25. The Hall–Kier alpha value is -1.14. The molecule has 0 saturated carbocycles. The van der Waals surface area contributed by atoms with Crippen LogP contribution in [0.2, 0.25) is 0 Å². The number of hydrogen-bond acceptors (Lipinski definition) is 6. The summed E-state index contributed by atoms with van der Waals surface area (Å²) in [4.78, 5) is 14.4. The summed E-state index contributed by atoms with van der Waals surface area (Å²) in [5, 5.41) is 5.14. The topological polar surface area (TPSA) is 50.7 Å². The molecule has 2 rings (SSSR count). The van der Waals surface area contributed by atoms with E-state index in [0.717, 1.165) is 40.4 Å². The smallest absolute Gasteiger partial charge is 0.188 e. The molecule has 0 fully saturated rings. The SMILES string of the molecule is CCCNc1ncc(CSc2nc(C)cc(C)n2)s1. The van der Waals surface area contributed by atoms with Gasteiger partial charge in [0.2, 0.25) is 0 Å². The highest BCUT2D eigenvalue weighted by Gasteiger charge is 2.05. The first-order chi connectivity index (χ1) is 9.17. The van der Waals surface area contributed by atoms with Crippen molar-refractivity contribution in [1.29, 1.82) is 0 Å². The lowest BCUT2D eigenvalue weighted by Crippen LogP contribution is -1.97. The van der Waals surface area contributed by atoms with Crippen LogP contribution in [0.1, 0.15) is 29.6 Å². The largest absolute Gasteiger partial charge is 0.362 e. The average Bonchev–Trinajstić information content (AvgIpc) is 2.81. The summed E-state index contributed by atoms with van der Waals surface area (Å²) in [7, 11) is 0. The lowest BCUT2D eigenvalue weighted by atomic mass is 10.4. The van der Waals surface area contributed by atoms with Gasteiger partial charge in [-0.25, -0.2) is 15.0 Å². The van der Waals surface area contributed by atoms with Gasteiger partial charge in [0.1, 0.15) is 0 Å². The fraction of sp³-hybridized carbons (Fsp3) is 0.462. The van der Waals surface area contributed by atoms with Crippen LogP contribution in [0.4, 0.5) is 5.13 Å². The molecule has 2 heterocycles. The van der Waals surface area contributed by atoms with Crippen molar-refractivity contribution in [1.82, 2.24) is 15.0 Å². The van der Waals surface area contributed by atoms with Gasteiger partial charge in [-0.3, -0.25) is 0 Å². The maximum absolute atomic E-state index is 4.43. The van der Waals surface area contributed by atoms with Gasteiger partial charge in [0.05, 0.1) is 0 Å². The third-order valence-corrected chi connectivity index (χ3v) is 4.42. The minimum Gasteiger partial charge on any atom is -0.362 e. The maximum atomic E-state index is 4.43. The van der Waals surface area contributed by atoms with Crippen molar-refractivity contribution in [2.75, 3.05) is 11.9 Å². The summed E-state index contributed by atoms with van der Waals surface area (Å²) in [6, 6.07) is 1.99. The Balaban J connectivity index is 1.92. The summed E-state index contributed by atoms with van der Waals surface area (Å²) in [6.07, 6.45) is 3.04. The van der Waals surface area contributed by atoms with Crippen LogP contribution in [0, 0.1) is 13.8 Å². The van der Waals surface area contributed by atoms with Gasteiger partial charge in [-0.05, 0) is 26.3 Å². The number of thioether (sulfide) groups is 1. The first-order valence-electron chi connectivity index (χ1n) is 6.31. The Morgan fingerprint density at radius 2 is 2.00 bits per heavy atom. The van der Waals surface area contributed by atoms with E-state index in [2.05, 4.69) is 27.2 Å². The zero-order chi connectivity index (χ0) is 13.7. The van der Waals surface area contributed by atoms with Crippen LogP contribution in [0.25, 0.3) is 0 Å². The van der Waals surface area contributed by atoms with Crippen LogP contribution in [0.5, 0.6) is 0 Å². The van der Waals surface area contributed by atoms with Gasteiger partial charge in [0, 0.05) is 34.8 Å². The van der Waals surface area contributed by atoms with Gasteiger partial charge in [0.15, 0.2) is 10.3 Å². The number of thiazole rings is 1. The van der Waals surface area contributed by atoms with Crippen LogP contribution in [-0.2, 0) is 5.75 Å². The van der Waals surface area contributed by atoms with Crippen LogP contribution < -0.4 is 5.32 Å². The summed E-state index contributed by atoms with van der Waals surface area (Å²) in [5.74, 6) is 0.869. The number of aromatic nitrogens is 3. The molecule has 0 spiro atoms. The van der Waals surface area contributed by atoms with Gasteiger partial charge < -0.3 is 5.32 Å². The second kappa shape index (κ2) is 6.86. The van der Waals surface area contributed by atoms with Crippen molar-refractivity contribution in [3.05, 3.63) is 28.5 Å². The fourth-order valence-corrected chi connectivity index (χ4v) is 3.39. The number of hydrogen-bond donors (Lipinski definition) is 1. The summed E-state index contributed by atoms with van der Waals surface area (Å²) < 4.78 is 0. The Morgan fingerprint density at radius 3 is 2.68 bits per heavy atom. The Bertz CT molecular complexity index is 519. The summed E-state index contributed by atoms with van der Waals surface area (Å²) >= 11 is 3.36. The molecule has 0 aromatic carbocycles. The van der Waals surface area contributed by atoms with E-state index in [4.69, 9.17) is 0 Å². The van der Waals surface area contributed by atoms with Crippen molar-refractivity contribution < 1.29 is 0 Å². The third kappa shape index (κ3) is 4.47. The van der Waals surface area contributed by atoms with Crippen molar-refractivity contribution in [2.24, 2.45) is 0 Å². The number of nitrogens with zero attached hydrogens (tertiary/aromatic N) is 3. The second-order valence-corrected chi connectivity index (χ2v) is 6.34. The predicted molar refractivity (Wildman–Crippen MR) is 82.0 cm³/mol. The lowest BCUT2D eigenvalue weighted by Gasteiger charge is -2.01. The average molecular weight is 294 g/mol. The molecule has 4 nitrogen and oxygen atoms in total. The molecule has 0 aliphatic heterocycles. The molecule has 0 radical (unpaired) electrons. The van der Waals surface area contributed by atoms with Crippen LogP contribution in [-0.4, -0.2) is 21.5 Å². The Morgan fingerprint density at radius 1 is 1.26 bits per heavy atom. The molecule has 2 aromatic heterocycles. The van der Waals surface area contributed by atoms with E-state index in [-0.39, 0.29) is 0 Å². The third-order valence-electron chi connectivity index (χ3n) is 2.39. The summed E-state index contributed by atoms with van der Waals surface area (Å²) in [6.45, 7) is 7.12. The highest BCUT2D eigenvalue weighted by molar-refractivity contribution is 7.98. The number of rotatable bonds is 6. The molecule has 6 heteroatoms. The van der Waals surface area contributed by atoms with E-state index in [9.17, 15) is 0 Å². The molecule has 0 amide bonds. The van der Waals surface area contributed by atoms with E-state index in [1.54, 1.807) is 23.1 Å². The minimum atomic E-state index is 0.842. The van der Waals surface area contributed by atoms with Crippen molar-refractivity contribution in [2.45, 2.75) is 38.1 Å². The fourth-order valence-electron chi connectivity index (χ4n) is 1.58. The Labute approximate surface area is 122 Å². The monoisotopic (exact) mass is 294 g/mol. The first-order valence-corrected chi connectivity index (χ1v) is 8.11. The molecule has 0 aliphatic carbocycles. The first kappa shape index (κ1) is 14.3. The van der Waals surface area contributed by atoms with Gasteiger partial charge >= 0.3 is 0 Å². The van der Waals surface area contributed by atoms with E-state index < -0.39 is 0 Å². The molecule has 2 aromatic rings. The zero-order valence-electron chi connectivity index (χ0n) is 11.4. The standard InChI is InChI=1S/C13H18N4S2/c1-4-5-14-12-15-7-11(19-12)8-18-13-16-9(2)6-10(3)17-13/h6-7H,4-5,8H2,1-3H3,(H,14,15). The molecule has 0 bridgehead atoms. The van der Waals surface area contributed by atoms with Crippen molar-refractivity contribution in [3.8, 4) is 0 Å². The second-order valence-electron chi connectivity index (χ2n) is 4.28. The molecule has 0 atom stereocenters. The normalized spacial score (nSPS) is 10.7. The number of aryl methyl sites for hydroxylation is 2. The van der Waals surface area contributed by atoms with Gasteiger partial charge in [-0.1, -0.05) is 18.7 Å². The highest BCUT2D eigenvalue weighted by atomic mass is 32.2. The number of anilines is 1. The molecule has 0 unspecified atom stereocenters. The maximum Gasteiger partial charge on any atom is 0.188 e. The van der Waals surface area contributed by atoms with E-state index >= 15 is 0 Å². The molecule has 19 heavy (non-hydrogen) atoms. The van der Waals surface area contributed by atoms with Crippen LogP contribution >= 0.6 is 23.1 Å². The Kier molecular flexibility index (Phi) is 5.15. The molecule has 0 aliphatic rings. The van der Waals surface area contributed by atoms with E-state index in [1.165, 1.54) is 4.88 Å². The minimum absolute atomic E-state index is 0.842. The van der Waals surface area contributed by atoms with Gasteiger partial charge in [-0.15, -0.1) is 11.3 Å². The lowest BCUT2D eigenvalue weighted by molar-refractivity contribution is 0.902.